The molecule has 2 aromatic carbocycles. The van der Waals surface area contributed by atoms with Crippen molar-refractivity contribution >= 4 is 25.0 Å². The summed E-state index contributed by atoms with van der Waals surface area (Å²) in [6.45, 7) is 14.5. The number of carbonyl (C=O) groups is 1. The molecule has 2 aromatic rings. The molecule has 1 N–H and O–H groups in total. The van der Waals surface area contributed by atoms with Crippen molar-refractivity contribution in [2.24, 2.45) is 0 Å². The molecular weight excluding hydrogens is 327 g/mol. The van der Waals surface area contributed by atoms with E-state index in [1.165, 1.54) is 5.56 Å². The van der Waals surface area contributed by atoms with E-state index in [1.54, 1.807) is 6.92 Å². The summed E-state index contributed by atoms with van der Waals surface area (Å²) in [5, 5.41) is 12.8. The third-order valence-corrected chi connectivity index (χ3v) is 5.72. The van der Waals surface area contributed by atoms with Gasteiger partial charge in [0.05, 0.1) is 0 Å². The van der Waals surface area contributed by atoms with Crippen LogP contribution in [0, 0.1) is 0 Å². The molecule has 0 bridgehead atoms. The Labute approximate surface area is 153 Å². The summed E-state index contributed by atoms with van der Waals surface area (Å²) in [6.07, 6.45) is 0. The number of Topliss-reactive ketones (excluding diaryl/α,β-unsaturated/α-hetero) is 1. The van der Waals surface area contributed by atoms with Gasteiger partial charge in [-0.2, -0.15) is 0 Å². The second-order valence-corrected chi connectivity index (χ2v) is 9.97. The molecular formula is C22H29O2P. The van der Waals surface area contributed by atoms with E-state index >= 15 is 0 Å². The van der Waals surface area contributed by atoms with Crippen LogP contribution in [0.4, 0.5) is 0 Å². The van der Waals surface area contributed by atoms with Gasteiger partial charge in [-0.1, -0.05) is 80.5 Å². The lowest BCUT2D eigenvalue weighted by Crippen LogP contribution is -2.21. The maximum Gasteiger partial charge on any atom is 0.160 e. The van der Waals surface area contributed by atoms with Crippen LogP contribution in [0.2, 0.25) is 0 Å². The van der Waals surface area contributed by atoms with Gasteiger partial charge in [0.25, 0.3) is 0 Å². The minimum absolute atomic E-state index is 0.00692. The number of phenolic OH excluding ortho intramolecular Hbond substituents is 1. The van der Waals surface area contributed by atoms with Crippen molar-refractivity contribution in [3.63, 3.8) is 0 Å². The van der Waals surface area contributed by atoms with Crippen molar-refractivity contribution in [1.82, 2.24) is 0 Å². The summed E-state index contributed by atoms with van der Waals surface area (Å²) >= 11 is 0. The highest BCUT2D eigenvalue weighted by Crippen LogP contribution is 2.36. The van der Waals surface area contributed by atoms with Gasteiger partial charge in [-0.25, -0.2) is 0 Å². The average Bonchev–Trinajstić information content (AvgIpc) is 2.47. The number of aromatic hydroxyl groups is 1. The van der Waals surface area contributed by atoms with Gasteiger partial charge in [0, 0.05) is 16.4 Å². The Balaban J connectivity index is 2.64. The Hall–Kier alpha value is -1.66. The van der Waals surface area contributed by atoms with Crippen molar-refractivity contribution in [3.8, 4) is 5.75 Å². The van der Waals surface area contributed by atoms with Gasteiger partial charge in [0.1, 0.15) is 5.75 Å². The molecule has 0 heterocycles. The van der Waals surface area contributed by atoms with Crippen LogP contribution >= 0.6 is 8.58 Å². The van der Waals surface area contributed by atoms with Gasteiger partial charge >= 0.3 is 0 Å². The predicted molar refractivity (Wildman–Crippen MR) is 110 cm³/mol. The second kappa shape index (κ2) is 6.92. The lowest BCUT2D eigenvalue weighted by Gasteiger charge is -2.27. The third kappa shape index (κ3) is 4.50. The van der Waals surface area contributed by atoms with E-state index in [0.29, 0.717) is 5.75 Å². The quantitative estimate of drug-likeness (QED) is 0.632. The molecule has 0 saturated heterocycles. The highest BCUT2D eigenvalue weighted by molar-refractivity contribution is 7.56. The first-order valence-electron chi connectivity index (χ1n) is 8.66. The molecule has 0 radical (unpaired) electrons. The zero-order valence-corrected chi connectivity index (χ0v) is 17.3. The van der Waals surface area contributed by atoms with Gasteiger partial charge in [-0.3, -0.25) is 4.79 Å². The zero-order valence-electron chi connectivity index (χ0n) is 16.3. The van der Waals surface area contributed by atoms with E-state index in [2.05, 4.69) is 53.7 Å². The molecule has 25 heavy (non-hydrogen) atoms. The van der Waals surface area contributed by atoms with E-state index < -0.39 is 0 Å². The monoisotopic (exact) mass is 356 g/mol. The first-order valence-corrected chi connectivity index (χ1v) is 9.66. The SMILES string of the molecule is CC(=O)c1ccccc1Pc1cc(C(C)(C)C)cc(C(C)(C)C)c1O. The topological polar surface area (TPSA) is 37.3 Å². The first-order chi connectivity index (χ1) is 11.4. The lowest BCUT2D eigenvalue weighted by atomic mass is 9.80. The van der Waals surface area contributed by atoms with E-state index in [9.17, 15) is 9.90 Å². The fourth-order valence-electron chi connectivity index (χ4n) is 2.78. The molecule has 0 aliphatic carbocycles. The fraction of sp³-hybridized carbons (Fsp3) is 0.409. The standard InChI is InChI=1S/C22H29O2P/c1-14(23)16-10-8-9-11-18(16)25-19-13-15(21(2,3)4)12-17(20(19)24)22(5,6)7/h8-13,24-25H,1-7H3. The Morgan fingerprint density at radius 1 is 0.920 bits per heavy atom. The lowest BCUT2D eigenvalue weighted by molar-refractivity contribution is 0.101. The minimum atomic E-state index is -0.148. The van der Waals surface area contributed by atoms with Gasteiger partial charge in [0.2, 0.25) is 0 Å². The largest absolute Gasteiger partial charge is 0.507 e. The predicted octanol–water partition coefficient (Wildman–Crippen LogP) is 4.82. The second-order valence-electron chi connectivity index (χ2n) is 8.65. The smallest absolute Gasteiger partial charge is 0.160 e. The van der Waals surface area contributed by atoms with Crippen molar-refractivity contribution < 1.29 is 9.90 Å². The number of ketones is 1. The number of hydrogen-bond acceptors (Lipinski definition) is 2. The van der Waals surface area contributed by atoms with Crippen LogP contribution in [0.25, 0.3) is 0 Å². The molecule has 0 spiro atoms. The zero-order chi connectivity index (χ0) is 19.0. The summed E-state index contributed by atoms with van der Waals surface area (Å²) in [7, 11) is 0.247. The number of benzene rings is 2. The van der Waals surface area contributed by atoms with Crippen molar-refractivity contribution in [3.05, 3.63) is 53.1 Å². The molecule has 2 rings (SSSR count). The summed E-state index contributed by atoms with van der Waals surface area (Å²) in [6, 6.07) is 11.9. The number of hydrogen-bond donors (Lipinski definition) is 1. The molecule has 1 atom stereocenters. The van der Waals surface area contributed by atoms with E-state index in [-0.39, 0.29) is 25.2 Å². The third-order valence-electron chi connectivity index (χ3n) is 4.36. The Bertz CT molecular complexity index is 793. The molecule has 0 saturated carbocycles. The van der Waals surface area contributed by atoms with Crippen LogP contribution in [0.3, 0.4) is 0 Å². The van der Waals surface area contributed by atoms with Crippen LogP contribution in [-0.4, -0.2) is 10.9 Å². The summed E-state index contributed by atoms with van der Waals surface area (Å²) < 4.78 is 0. The minimum Gasteiger partial charge on any atom is -0.507 e. The molecule has 0 aliphatic heterocycles. The normalized spacial score (nSPS) is 12.8. The fourth-order valence-corrected chi connectivity index (χ4v) is 4.12. The first kappa shape index (κ1) is 19.7. The van der Waals surface area contributed by atoms with Crippen molar-refractivity contribution in [2.75, 3.05) is 0 Å². The van der Waals surface area contributed by atoms with Crippen molar-refractivity contribution in [2.45, 2.75) is 59.3 Å². The number of rotatable bonds is 3. The van der Waals surface area contributed by atoms with Crippen molar-refractivity contribution in [1.29, 1.82) is 0 Å². The molecule has 0 fully saturated rings. The van der Waals surface area contributed by atoms with Crippen LogP contribution in [0.1, 0.15) is 70.0 Å². The van der Waals surface area contributed by atoms with E-state index in [1.807, 2.05) is 24.3 Å². The maximum absolute atomic E-state index is 11.9. The summed E-state index contributed by atoms with van der Waals surface area (Å²) in [4.78, 5) is 11.9. The Morgan fingerprint density at radius 2 is 1.52 bits per heavy atom. The molecule has 1 unspecified atom stereocenters. The van der Waals surface area contributed by atoms with Gasteiger partial charge in [-0.15, -0.1) is 0 Å². The number of carbonyl (C=O) groups excluding carboxylic acids is 1. The molecule has 134 valence electrons. The van der Waals surface area contributed by atoms with E-state index in [0.717, 1.165) is 21.7 Å². The molecule has 0 amide bonds. The summed E-state index contributed by atoms with van der Waals surface area (Å²) in [5.74, 6) is 0.419. The van der Waals surface area contributed by atoms with E-state index in [4.69, 9.17) is 0 Å². The molecule has 0 aliphatic rings. The number of phenols is 1. The molecule has 2 nitrogen and oxygen atoms in total. The van der Waals surface area contributed by atoms with Crippen LogP contribution in [0.15, 0.2) is 36.4 Å². The average molecular weight is 356 g/mol. The van der Waals surface area contributed by atoms with Gasteiger partial charge in [0.15, 0.2) is 5.78 Å². The molecule has 0 aromatic heterocycles. The maximum atomic E-state index is 11.9. The molecule has 3 heteroatoms. The Kier molecular flexibility index (Phi) is 5.44. The van der Waals surface area contributed by atoms with Crippen LogP contribution in [-0.2, 0) is 10.8 Å². The highest BCUT2D eigenvalue weighted by Gasteiger charge is 2.25. The van der Waals surface area contributed by atoms with Crippen LogP contribution < -0.4 is 10.6 Å². The van der Waals surface area contributed by atoms with Crippen LogP contribution in [0.5, 0.6) is 5.75 Å². The van der Waals surface area contributed by atoms with Gasteiger partial charge in [-0.05, 0) is 34.7 Å². The Morgan fingerprint density at radius 3 is 2.04 bits per heavy atom. The van der Waals surface area contributed by atoms with Gasteiger partial charge < -0.3 is 5.11 Å². The highest BCUT2D eigenvalue weighted by atomic mass is 31.1. The summed E-state index contributed by atoms with van der Waals surface area (Å²) in [5.41, 5.74) is 2.75.